The van der Waals surface area contributed by atoms with Crippen LogP contribution in [-0.2, 0) is 4.79 Å². The van der Waals surface area contributed by atoms with Gasteiger partial charge in [0.15, 0.2) is 0 Å². The summed E-state index contributed by atoms with van der Waals surface area (Å²) in [5.41, 5.74) is 0.479. The molecule has 2 rings (SSSR count). The van der Waals surface area contributed by atoms with E-state index in [1.165, 1.54) is 6.20 Å². The van der Waals surface area contributed by atoms with E-state index in [0.717, 1.165) is 25.9 Å². The van der Waals surface area contributed by atoms with Gasteiger partial charge in [-0.05, 0) is 30.9 Å². The summed E-state index contributed by atoms with van der Waals surface area (Å²) in [6.07, 6.45) is 5.22. The zero-order valence-electron chi connectivity index (χ0n) is 12.0. The molecule has 1 aromatic rings. The van der Waals surface area contributed by atoms with Gasteiger partial charge in [0.25, 0.3) is 5.91 Å². The molecule has 5 nitrogen and oxygen atoms in total. The highest BCUT2D eigenvalue weighted by Crippen LogP contribution is 2.13. The van der Waals surface area contributed by atoms with Crippen molar-refractivity contribution in [3.05, 3.63) is 30.1 Å². The summed E-state index contributed by atoms with van der Waals surface area (Å²) in [5.74, 6) is -0.164. The monoisotopic (exact) mass is 275 g/mol. The number of carbonyl (C=O) groups excluding carboxylic acids is 2. The van der Waals surface area contributed by atoms with Gasteiger partial charge in [-0.25, -0.2) is 0 Å². The average Bonchev–Trinajstić information content (AvgIpc) is 2.98. The van der Waals surface area contributed by atoms with Crippen LogP contribution in [0.2, 0.25) is 0 Å². The Hall–Kier alpha value is -1.91. The Morgan fingerprint density at radius 3 is 2.55 bits per heavy atom. The highest BCUT2D eigenvalue weighted by molar-refractivity contribution is 5.97. The largest absolute Gasteiger partial charge is 0.341 e. The van der Waals surface area contributed by atoms with Crippen LogP contribution in [0.4, 0.5) is 0 Å². The number of likely N-dealkylation sites (tertiary alicyclic amines) is 1. The standard InChI is InChI=1S/C15H21N3O2/c1-11(2)13(15(20)18-8-3-4-9-18)17-14(19)12-6-5-7-16-10-12/h5-7,10-11,13H,3-4,8-9H2,1-2H3,(H,17,19)/t13-/m0/s1. The fraction of sp³-hybridized carbons (Fsp3) is 0.533. The van der Waals surface area contributed by atoms with Crippen LogP contribution >= 0.6 is 0 Å². The number of nitrogens with one attached hydrogen (secondary N) is 1. The van der Waals surface area contributed by atoms with Crippen molar-refractivity contribution >= 4 is 11.8 Å². The van der Waals surface area contributed by atoms with Crippen LogP contribution in [0.3, 0.4) is 0 Å². The van der Waals surface area contributed by atoms with Crippen LogP contribution in [0, 0.1) is 5.92 Å². The van der Waals surface area contributed by atoms with Crippen molar-refractivity contribution in [2.24, 2.45) is 5.92 Å². The number of amides is 2. The summed E-state index contributed by atoms with van der Waals surface area (Å²) in [6.45, 7) is 5.49. The maximum absolute atomic E-state index is 12.4. The van der Waals surface area contributed by atoms with Gasteiger partial charge in [0.2, 0.25) is 5.91 Å². The van der Waals surface area contributed by atoms with E-state index in [-0.39, 0.29) is 17.7 Å². The van der Waals surface area contributed by atoms with Crippen molar-refractivity contribution < 1.29 is 9.59 Å². The van der Waals surface area contributed by atoms with Crippen molar-refractivity contribution in [2.45, 2.75) is 32.7 Å². The Morgan fingerprint density at radius 2 is 2.00 bits per heavy atom. The normalized spacial score (nSPS) is 16.2. The van der Waals surface area contributed by atoms with E-state index < -0.39 is 6.04 Å². The Morgan fingerprint density at radius 1 is 1.30 bits per heavy atom. The molecule has 108 valence electrons. The van der Waals surface area contributed by atoms with Crippen molar-refractivity contribution in [2.75, 3.05) is 13.1 Å². The lowest BCUT2D eigenvalue weighted by molar-refractivity contribution is -0.133. The summed E-state index contributed by atoms with van der Waals surface area (Å²) in [6, 6.07) is 2.93. The van der Waals surface area contributed by atoms with Crippen LogP contribution in [-0.4, -0.2) is 40.8 Å². The first-order chi connectivity index (χ1) is 9.59. The molecule has 0 unspecified atom stereocenters. The average molecular weight is 275 g/mol. The van der Waals surface area contributed by atoms with E-state index in [9.17, 15) is 9.59 Å². The molecule has 0 saturated carbocycles. The van der Waals surface area contributed by atoms with Gasteiger partial charge in [-0.2, -0.15) is 0 Å². The van der Waals surface area contributed by atoms with E-state index in [2.05, 4.69) is 10.3 Å². The maximum Gasteiger partial charge on any atom is 0.253 e. The molecule has 5 heteroatoms. The molecule has 1 aliphatic rings. The van der Waals surface area contributed by atoms with Crippen LogP contribution in [0.1, 0.15) is 37.0 Å². The molecule has 1 saturated heterocycles. The smallest absolute Gasteiger partial charge is 0.253 e. The second-order valence-corrected chi connectivity index (χ2v) is 5.47. The van der Waals surface area contributed by atoms with Gasteiger partial charge >= 0.3 is 0 Å². The van der Waals surface area contributed by atoms with E-state index in [0.29, 0.717) is 5.56 Å². The Labute approximate surface area is 119 Å². The molecule has 20 heavy (non-hydrogen) atoms. The van der Waals surface area contributed by atoms with Gasteiger partial charge in [-0.15, -0.1) is 0 Å². The Bertz CT molecular complexity index is 467. The molecule has 2 heterocycles. The Balaban J connectivity index is 2.05. The minimum atomic E-state index is -0.471. The lowest BCUT2D eigenvalue weighted by atomic mass is 10.0. The summed E-state index contributed by atoms with van der Waals surface area (Å²) < 4.78 is 0. The maximum atomic E-state index is 12.4. The van der Waals surface area contributed by atoms with Gasteiger partial charge in [0.1, 0.15) is 6.04 Å². The van der Waals surface area contributed by atoms with E-state index >= 15 is 0 Å². The molecule has 0 aliphatic carbocycles. The first kappa shape index (κ1) is 14.5. The van der Waals surface area contributed by atoms with Crippen LogP contribution in [0.25, 0.3) is 0 Å². The fourth-order valence-corrected chi connectivity index (χ4v) is 2.37. The van der Waals surface area contributed by atoms with Crippen molar-refractivity contribution in [1.29, 1.82) is 0 Å². The third-order valence-electron chi connectivity index (χ3n) is 3.56. The fourth-order valence-electron chi connectivity index (χ4n) is 2.37. The van der Waals surface area contributed by atoms with Crippen LogP contribution < -0.4 is 5.32 Å². The third-order valence-corrected chi connectivity index (χ3v) is 3.56. The predicted molar refractivity (Wildman–Crippen MR) is 76.1 cm³/mol. The molecule has 0 bridgehead atoms. The first-order valence-electron chi connectivity index (χ1n) is 7.09. The summed E-state index contributed by atoms with van der Waals surface area (Å²) >= 11 is 0. The zero-order valence-corrected chi connectivity index (χ0v) is 12.0. The number of hydrogen-bond donors (Lipinski definition) is 1. The summed E-state index contributed by atoms with van der Waals surface area (Å²) in [7, 11) is 0. The molecule has 2 amide bonds. The second kappa shape index (κ2) is 6.50. The highest BCUT2D eigenvalue weighted by Gasteiger charge is 2.30. The number of pyridine rings is 1. The summed E-state index contributed by atoms with van der Waals surface area (Å²) in [4.78, 5) is 30.4. The minimum Gasteiger partial charge on any atom is -0.341 e. The van der Waals surface area contributed by atoms with Gasteiger partial charge < -0.3 is 10.2 Å². The van der Waals surface area contributed by atoms with E-state index in [4.69, 9.17) is 0 Å². The molecule has 1 N–H and O–H groups in total. The van der Waals surface area contributed by atoms with Gasteiger partial charge in [-0.1, -0.05) is 13.8 Å². The molecular weight excluding hydrogens is 254 g/mol. The quantitative estimate of drug-likeness (QED) is 0.905. The lowest BCUT2D eigenvalue weighted by Gasteiger charge is -2.26. The molecular formula is C15H21N3O2. The topological polar surface area (TPSA) is 62.3 Å². The highest BCUT2D eigenvalue weighted by atomic mass is 16.2. The van der Waals surface area contributed by atoms with Gasteiger partial charge in [-0.3, -0.25) is 14.6 Å². The van der Waals surface area contributed by atoms with Gasteiger partial charge in [0.05, 0.1) is 5.56 Å². The molecule has 1 aliphatic heterocycles. The lowest BCUT2D eigenvalue weighted by Crippen LogP contribution is -2.50. The van der Waals surface area contributed by atoms with Crippen molar-refractivity contribution in [1.82, 2.24) is 15.2 Å². The molecule has 0 aromatic carbocycles. The van der Waals surface area contributed by atoms with Crippen LogP contribution in [0.5, 0.6) is 0 Å². The Kier molecular flexibility index (Phi) is 4.71. The van der Waals surface area contributed by atoms with E-state index in [1.807, 2.05) is 18.7 Å². The molecule has 1 atom stereocenters. The summed E-state index contributed by atoms with van der Waals surface area (Å²) in [5, 5.41) is 2.84. The number of aromatic nitrogens is 1. The molecule has 0 spiro atoms. The van der Waals surface area contributed by atoms with E-state index in [1.54, 1.807) is 18.3 Å². The van der Waals surface area contributed by atoms with Crippen LogP contribution in [0.15, 0.2) is 24.5 Å². The number of carbonyl (C=O) groups is 2. The van der Waals surface area contributed by atoms with Gasteiger partial charge in [0, 0.05) is 25.5 Å². The second-order valence-electron chi connectivity index (χ2n) is 5.47. The zero-order chi connectivity index (χ0) is 14.5. The number of nitrogens with zero attached hydrogens (tertiary/aromatic N) is 2. The third kappa shape index (κ3) is 3.35. The molecule has 1 aromatic heterocycles. The van der Waals surface area contributed by atoms with Crippen molar-refractivity contribution in [3.8, 4) is 0 Å². The minimum absolute atomic E-state index is 0.0229. The first-order valence-corrected chi connectivity index (χ1v) is 7.09. The SMILES string of the molecule is CC(C)[C@H](NC(=O)c1cccnc1)C(=O)N1CCCC1. The van der Waals surface area contributed by atoms with Crippen molar-refractivity contribution in [3.63, 3.8) is 0 Å². The molecule has 0 radical (unpaired) electrons. The number of hydrogen-bond acceptors (Lipinski definition) is 3. The number of rotatable bonds is 4. The molecule has 1 fully saturated rings. The predicted octanol–water partition coefficient (Wildman–Crippen LogP) is 1.46.